The molecule has 1 aliphatic heterocycles. The Kier molecular flexibility index (Phi) is 4.85. The maximum Gasteiger partial charge on any atom is 0.293 e. The van der Waals surface area contributed by atoms with Crippen molar-refractivity contribution in [3.8, 4) is 0 Å². The number of aryl methyl sites for hydroxylation is 1. The van der Waals surface area contributed by atoms with E-state index in [1.165, 1.54) is 24.3 Å². The lowest BCUT2D eigenvalue weighted by Crippen LogP contribution is -2.32. The normalized spacial score (nSPS) is 17.0. The minimum Gasteiger partial charge on any atom is -0.326 e. The average molecular weight is 358 g/mol. The van der Waals surface area contributed by atoms with Crippen molar-refractivity contribution in [1.29, 1.82) is 0 Å². The van der Waals surface area contributed by atoms with Gasteiger partial charge in [-0.05, 0) is 55.1 Å². The quantitative estimate of drug-likeness (QED) is 0.904. The fourth-order valence-corrected chi connectivity index (χ4v) is 3.41. The van der Waals surface area contributed by atoms with E-state index in [1.54, 1.807) is 12.1 Å². The molecule has 0 aromatic heterocycles. The zero-order valence-corrected chi connectivity index (χ0v) is 14.2. The van der Waals surface area contributed by atoms with Crippen LogP contribution < -0.4 is 10.2 Å². The van der Waals surface area contributed by atoms with Gasteiger partial charge in [-0.1, -0.05) is 17.7 Å². The Labute approximate surface area is 148 Å². The molecule has 1 saturated heterocycles. The van der Waals surface area contributed by atoms with Crippen LogP contribution in [0.5, 0.6) is 0 Å². The fraction of sp³-hybridized carbons (Fsp3) is 0.167. The molecule has 1 fully saturated rings. The third kappa shape index (κ3) is 3.88. The van der Waals surface area contributed by atoms with Crippen molar-refractivity contribution in [2.75, 3.05) is 10.2 Å². The van der Waals surface area contributed by atoms with Crippen molar-refractivity contribution in [3.05, 3.63) is 59.9 Å². The number of nitrogens with zero attached hydrogens (tertiary/aromatic N) is 1. The number of halogens is 1. The first-order valence-electron chi connectivity index (χ1n) is 7.61. The van der Waals surface area contributed by atoms with E-state index in [2.05, 4.69) is 5.32 Å². The Balaban J connectivity index is 1.66. The summed E-state index contributed by atoms with van der Waals surface area (Å²) in [4.78, 5) is 37.7. The Morgan fingerprint density at radius 3 is 2.40 bits per heavy atom. The Bertz CT molecular complexity index is 821. The van der Waals surface area contributed by atoms with Crippen LogP contribution in [0.4, 0.5) is 20.6 Å². The number of imide groups is 1. The fourth-order valence-electron chi connectivity index (χ4n) is 2.43. The molecular formula is C18H15FN2O3S. The predicted molar refractivity (Wildman–Crippen MR) is 95.1 cm³/mol. The number of thioether (sulfide) groups is 1. The third-order valence-electron chi connectivity index (χ3n) is 3.71. The minimum absolute atomic E-state index is 0.110. The van der Waals surface area contributed by atoms with Crippen LogP contribution in [-0.4, -0.2) is 22.3 Å². The molecule has 1 atom stereocenters. The number of carbonyl (C=O) groups excluding carboxylic acids is 3. The van der Waals surface area contributed by atoms with Gasteiger partial charge in [0.15, 0.2) is 0 Å². The summed E-state index contributed by atoms with van der Waals surface area (Å²) in [5, 5.41) is 1.45. The molecule has 0 saturated carbocycles. The van der Waals surface area contributed by atoms with E-state index in [0.717, 1.165) is 22.2 Å². The van der Waals surface area contributed by atoms with Crippen LogP contribution >= 0.6 is 11.8 Å². The van der Waals surface area contributed by atoms with Crippen LogP contribution in [0.1, 0.15) is 12.0 Å². The molecule has 2 aromatic carbocycles. The molecule has 3 amide bonds. The van der Waals surface area contributed by atoms with E-state index < -0.39 is 22.2 Å². The van der Waals surface area contributed by atoms with Gasteiger partial charge in [-0.3, -0.25) is 14.4 Å². The molecule has 1 N–H and O–H groups in total. The number of anilines is 2. The van der Waals surface area contributed by atoms with Crippen LogP contribution in [0.25, 0.3) is 0 Å². The van der Waals surface area contributed by atoms with E-state index in [9.17, 15) is 18.8 Å². The van der Waals surface area contributed by atoms with Crippen molar-refractivity contribution in [2.24, 2.45) is 0 Å². The zero-order chi connectivity index (χ0) is 18.0. The summed E-state index contributed by atoms with van der Waals surface area (Å²) in [5.74, 6) is -1.27. The number of hydrogen-bond donors (Lipinski definition) is 1. The molecule has 3 rings (SSSR count). The molecule has 1 aliphatic rings. The average Bonchev–Trinajstić information content (AvgIpc) is 2.84. The molecule has 1 heterocycles. The topological polar surface area (TPSA) is 66.5 Å². The van der Waals surface area contributed by atoms with E-state index in [1.807, 2.05) is 19.1 Å². The monoisotopic (exact) mass is 358 g/mol. The lowest BCUT2D eigenvalue weighted by Gasteiger charge is -2.13. The number of rotatable bonds is 4. The van der Waals surface area contributed by atoms with Gasteiger partial charge in [0, 0.05) is 12.1 Å². The number of amides is 3. The SMILES string of the molecule is Cc1ccc(NC(=O)C[C@@H]2SC(=O)N(c3ccc(F)cc3)C2=O)cc1. The number of nitrogens with one attached hydrogen (secondary N) is 1. The first kappa shape index (κ1) is 17.2. The summed E-state index contributed by atoms with van der Waals surface area (Å²) in [7, 11) is 0. The molecule has 0 aliphatic carbocycles. The van der Waals surface area contributed by atoms with Gasteiger partial charge >= 0.3 is 0 Å². The van der Waals surface area contributed by atoms with Gasteiger partial charge in [0.25, 0.3) is 5.24 Å². The van der Waals surface area contributed by atoms with Crippen molar-refractivity contribution < 1.29 is 18.8 Å². The van der Waals surface area contributed by atoms with E-state index in [0.29, 0.717) is 11.4 Å². The minimum atomic E-state index is -0.789. The highest BCUT2D eigenvalue weighted by molar-refractivity contribution is 8.15. The van der Waals surface area contributed by atoms with Crippen LogP contribution in [0.15, 0.2) is 48.5 Å². The first-order chi connectivity index (χ1) is 11.9. The van der Waals surface area contributed by atoms with E-state index >= 15 is 0 Å². The predicted octanol–water partition coefficient (Wildman–Crippen LogP) is 3.73. The van der Waals surface area contributed by atoms with Gasteiger partial charge in [0.2, 0.25) is 11.8 Å². The molecule has 25 heavy (non-hydrogen) atoms. The van der Waals surface area contributed by atoms with Crippen molar-refractivity contribution in [1.82, 2.24) is 0 Å². The highest BCUT2D eigenvalue weighted by Gasteiger charge is 2.41. The lowest BCUT2D eigenvalue weighted by molar-refractivity contribution is -0.121. The maximum absolute atomic E-state index is 13.0. The highest BCUT2D eigenvalue weighted by Crippen LogP contribution is 2.33. The van der Waals surface area contributed by atoms with Crippen LogP contribution in [0.3, 0.4) is 0 Å². The molecule has 2 aromatic rings. The van der Waals surface area contributed by atoms with Crippen molar-refractivity contribution >= 4 is 40.2 Å². The van der Waals surface area contributed by atoms with Gasteiger partial charge in [0.1, 0.15) is 11.1 Å². The summed E-state index contributed by atoms with van der Waals surface area (Å²) in [6, 6.07) is 12.4. The Morgan fingerprint density at radius 2 is 1.76 bits per heavy atom. The smallest absolute Gasteiger partial charge is 0.293 e. The standard InChI is InChI=1S/C18H15FN2O3S/c1-11-2-6-13(7-3-11)20-16(22)10-15-17(23)21(18(24)25-15)14-8-4-12(19)5-9-14/h2-9,15H,10H2,1H3,(H,20,22)/t15-/m0/s1. The molecule has 7 heteroatoms. The van der Waals surface area contributed by atoms with Gasteiger partial charge in [-0.25, -0.2) is 9.29 Å². The maximum atomic E-state index is 13.0. The van der Waals surface area contributed by atoms with Gasteiger partial charge in [-0.15, -0.1) is 0 Å². The zero-order valence-electron chi connectivity index (χ0n) is 13.4. The van der Waals surface area contributed by atoms with Gasteiger partial charge in [0.05, 0.1) is 5.69 Å². The molecule has 0 bridgehead atoms. The molecule has 128 valence electrons. The molecule has 0 spiro atoms. The molecule has 5 nitrogen and oxygen atoms in total. The summed E-state index contributed by atoms with van der Waals surface area (Å²) >= 11 is 0.805. The first-order valence-corrected chi connectivity index (χ1v) is 8.48. The van der Waals surface area contributed by atoms with Gasteiger partial charge < -0.3 is 5.32 Å². The Morgan fingerprint density at radius 1 is 1.12 bits per heavy atom. The summed E-state index contributed by atoms with van der Waals surface area (Å²) in [5.41, 5.74) is 2.00. The lowest BCUT2D eigenvalue weighted by atomic mass is 10.2. The summed E-state index contributed by atoms with van der Waals surface area (Å²) in [6.45, 7) is 1.94. The van der Waals surface area contributed by atoms with Crippen molar-refractivity contribution in [2.45, 2.75) is 18.6 Å². The molecule has 0 radical (unpaired) electrons. The second-order valence-electron chi connectivity index (χ2n) is 5.64. The largest absolute Gasteiger partial charge is 0.326 e. The summed E-state index contributed by atoms with van der Waals surface area (Å²) in [6.07, 6.45) is -0.110. The van der Waals surface area contributed by atoms with Crippen LogP contribution in [-0.2, 0) is 9.59 Å². The molecular weight excluding hydrogens is 343 g/mol. The van der Waals surface area contributed by atoms with Gasteiger partial charge in [-0.2, -0.15) is 0 Å². The van der Waals surface area contributed by atoms with Crippen LogP contribution in [0, 0.1) is 12.7 Å². The Hall–Kier alpha value is -2.67. The number of hydrogen-bond acceptors (Lipinski definition) is 4. The number of benzene rings is 2. The van der Waals surface area contributed by atoms with E-state index in [-0.39, 0.29) is 12.3 Å². The molecule has 0 unspecified atom stereocenters. The third-order valence-corrected chi connectivity index (χ3v) is 4.75. The second-order valence-corrected chi connectivity index (χ2v) is 6.79. The number of carbonyl (C=O) groups is 3. The van der Waals surface area contributed by atoms with Crippen LogP contribution in [0.2, 0.25) is 0 Å². The second kappa shape index (κ2) is 7.06. The van der Waals surface area contributed by atoms with Crippen molar-refractivity contribution in [3.63, 3.8) is 0 Å². The summed E-state index contributed by atoms with van der Waals surface area (Å²) < 4.78 is 13.0. The highest BCUT2D eigenvalue weighted by atomic mass is 32.2. The van der Waals surface area contributed by atoms with E-state index in [4.69, 9.17) is 0 Å².